The highest BCUT2D eigenvalue weighted by Gasteiger charge is 2.32. The molecule has 0 N–H and O–H groups in total. The Kier molecular flexibility index (Phi) is 4.52. The second kappa shape index (κ2) is 7.17. The van der Waals surface area contributed by atoms with Crippen molar-refractivity contribution >= 4 is 17.3 Å². The van der Waals surface area contributed by atoms with Crippen LogP contribution in [0.3, 0.4) is 0 Å². The lowest BCUT2D eigenvalue weighted by atomic mass is 9.83. The Hall–Kier alpha value is -2.46. The summed E-state index contributed by atoms with van der Waals surface area (Å²) in [5, 5.41) is 0.711. The quantitative estimate of drug-likeness (QED) is 0.558. The monoisotopic (exact) mass is 390 g/mol. The van der Waals surface area contributed by atoms with Crippen LogP contribution in [0, 0.1) is 0 Å². The first kappa shape index (κ1) is 17.6. The zero-order valence-electron chi connectivity index (χ0n) is 16.0. The minimum atomic E-state index is 0.0157. The predicted molar refractivity (Wildman–Crippen MR) is 113 cm³/mol. The molecule has 0 saturated heterocycles. The standard InChI is InChI=1S/C23H23ClN4/c1-2-6-19-23-26-14-21(15-7-5-8-15)28(23)20-11-10-16(24)13-17(20)22(27-19)18-9-3-4-12-25-18/h3-4,9-15,19H,2,5-8H2,1H3/t19-/m0/s1. The van der Waals surface area contributed by atoms with E-state index in [2.05, 4.69) is 28.7 Å². The van der Waals surface area contributed by atoms with Crippen LogP contribution in [0.2, 0.25) is 5.02 Å². The van der Waals surface area contributed by atoms with Crippen molar-refractivity contribution < 1.29 is 0 Å². The van der Waals surface area contributed by atoms with Crippen LogP contribution < -0.4 is 0 Å². The van der Waals surface area contributed by atoms with Gasteiger partial charge in [-0.15, -0.1) is 0 Å². The highest BCUT2D eigenvalue weighted by atomic mass is 35.5. The number of aromatic nitrogens is 3. The molecule has 1 saturated carbocycles. The van der Waals surface area contributed by atoms with Crippen LogP contribution in [0.4, 0.5) is 0 Å². The van der Waals surface area contributed by atoms with E-state index in [-0.39, 0.29) is 6.04 Å². The third-order valence-electron chi connectivity index (χ3n) is 5.85. The maximum absolute atomic E-state index is 6.42. The summed E-state index contributed by atoms with van der Waals surface area (Å²) in [5.74, 6) is 1.63. The average molecular weight is 391 g/mol. The van der Waals surface area contributed by atoms with E-state index in [4.69, 9.17) is 21.6 Å². The summed E-state index contributed by atoms with van der Waals surface area (Å²) < 4.78 is 2.36. The molecule has 2 aliphatic rings. The number of hydrogen-bond acceptors (Lipinski definition) is 3. The van der Waals surface area contributed by atoms with Crippen LogP contribution >= 0.6 is 11.6 Å². The number of aliphatic imine (C=N–C) groups is 1. The largest absolute Gasteiger partial charge is 0.298 e. The van der Waals surface area contributed by atoms with Crippen LogP contribution in [-0.4, -0.2) is 20.2 Å². The fourth-order valence-electron chi connectivity index (χ4n) is 4.22. The molecule has 0 radical (unpaired) electrons. The van der Waals surface area contributed by atoms with E-state index in [1.165, 1.54) is 25.0 Å². The number of pyridine rings is 1. The number of benzene rings is 1. The molecule has 3 aromatic rings. The van der Waals surface area contributed by atoms with E-state index < -0.39 is 0 Å². The average Bonchev–Trinajstić information content (AvgIpc) is 3.03. The van der Waals surface area contributed by atoms with Gasteiger partial charge < -0.3 is 0 Å². The topological polar surface area (TPSA) is 43.1 Å². The van der Waals surface area contributed by atoms with Crippen molar-refractivity contribution in [2.24, 2.45) is 4.99 Å². The van der Waals surface area contributed by atoms with E-state index in [9.17, 15) is 0 Å². The fraction of sp³-hybridized carbons (Fsp3) is 0.348. The number of rotatable bonds is 4. The Bertz CT molecular complexity index is 1030. The van der Waals surface area contributed by atoms with E-state index in [1.54, 1.807) is 0 Å². The molecule has 1 fully saturated rings. The fourth-order valence-corrected chi connectivity index (χ4v) is 4.39. The second-order valence-electron chi connectivity index (χ2n) is 7.66. The van der Waals surface area contributed by atoms with E-state index in [0.717, 1.165) is 41.3 Å². The number of halogens is 1. The van der Waals surface area contributed by atoms with Crippen molar-refractivity contribution in [2.45, 2.75) is 51.0 Å². The first-order valence-electron chi connectivity index (χ1n) is 10.1. The second-order valence-corrected chi connectivity index (χ2v) is 8.10. The van der Waals surface area contributed by atoms with Crippen LogP contribution in [-0.2, 0) is 0 Å². The van der Waals surface area contributed by atoms with Crippen LogP contribution in [0.5, 0.6) is 0 Å². The molecule has 0 amide bonds. The molecule has 3 heterocycles. The molecule has 1 atom stereocenters. The molecular formula is C23H23ClN4. The first-order valence-corrected chi connectivity index (χ1v) is 10.5. The maximum atomic E-state index is 6.42. The van der Waals surface area contributed by atoms with Gasteiger partial charge in [0, 0.05) is 34.6 Å². The van der Waals surface area contributed by atoms with Gasteiger partial charge in [0.05, 0.1) is 17.1 Å². The van der Waals surface area contributed by atoms with Crippen LogP contribution in [0.15, 0.2) is 53.8 Å². The molecule has 1 aliphatic heterocycles. The molecule has 28 heavy (non-hydrogen) atoms. The van der Waals surface area contributed by atoms with E-state index in [0.29, 0.717) is 10.9 Å². The van der Waals surface area contributed by atoms with Gasteiger partial charge in [0.15, 0.2) is 0 Å². The normalized spacial score (nSPS) is 18.6. The summed E-state index contributed by atoms with van der Waals surface area (Å²) in [4.78, 5) is 14.7. The molecule has 5 rings (SSSR count). The zero-order chi connectivity index (χ0) is 19.1. The van der Waals surface area contributed by atoms with Crippen molar-refractivity contribution in [3.8, 4) is 5.69 Å². The summed E-state index contributed by atoms with van der Waals surface area (Å²) >= 11 is 6.42. The number of imidazole rings is 1. The first-order chi connectivity index (χ1) is 13.8. The molecule has 1 aliphatic carbocycles. The summed E-state index contributed by atoms with van der Waals surface area (Å²) in [5.41, 5.74) is 5.24. The third-order valence-corrected chi connectivity index (χ3v) is 6.08. The lowest BCUT2D eigenvalue weighted by molar-refractivity contribution is 0.405. The van der Waals surface area contributed by atoms with Gasteiger partial charge in [0.2, 0.25) is 0 Å². The third kappa shape index (κ3) is 2.87. The number of hydrogen-bond donors (Lipinski definition) is 0. The molecular weight excluding hydrogens is 368 g/mol. The summed E-state index contributed by atoms with van der Waals surface area (Å²) in [6.07, 6.45) is 9.67. The van der Waals surface area contributed by atoms with Crippen molar-refractivity contribution in [1.82, 2.24) is 14.5 Å². The summed E-state index contributed by atoms with van der Waals surface area (Å²) in [6, 6.07) is 12.1. The Morgan fingerprint density at radius 3 is 2.75 bits per heavy atom. The predicted octanol–water partition coefficient (Wildman–Crippen LogP) is 5.88. The smallest absolute Gasteiger partial charge is 0.138 e. The van der Waals surface area contributed by atoms with E-state index in [1.807, 2.05) is 36.5 Å². The molecule has 142 valence electrons. The molecule has 0 bridgehead atoms. The maximum Gasteiger partial charge on any atom is 0.138 e. The number of fused-ring (bicyclic) bond motifs is 3. The highest BCUT2D eigenvalue weighted by molar-refractivity contribution is 6.31. The zero-order valence-corrected chi connectivity index (χ0v) is 16.7. The SMILES string of the molecule is CCC[C@@H]1N=C(c2ccccn2)c2cc(Cl)ccc2-n2c(C3CCC3)cnc21. The van der Waals surface area contributed by atoms with Gasteiger partial charge in [-0.05, 0) is 49.6 Å². The van der Waals surface area contributed by atoms with Gasteiger partial charge in [-0.1, -0.05) is 37.4 Å². The van der Waals surface area contributed by atoms with Gasteiger partial charge in [-0.25, -0.2) is 4.98 Å². The van der Waals surface area contributed by atoms with Gasteiger partial charge >= 0.3 is 0 Å². The van der Waals surface area contributed by atoms with Crippen molar-refractivity contribution in [1.29, 1.82) is 0 Å². The minimum Gasteiger partial charge on any atom is -0.298 e. The Labute approximate surface area is 170 Å². The molecule has 4 nitrogen and oxygen atoms in total. The van der Waals surface area contributed by atoms with E-state index >= 15 is 0 Å². The lowest BCUT2D eigenvalue weighted by Crippen LogP contribution is -2.16. The van der Waals surface area contributed by atoms with Crippen molar-refractivity contribution in [3.05, 3.63) is 76.6 Å². The Morgan fingerprint density at radius 2 is 2.04 bits per heavy atom. The lowest BCUT2D eigenvalue weighted by Gasteiger charge is -2.27. The highest BCUT2D eigenvalue weighted by Crippen LogP contribution is 2.41. The molecule has 5 heteroatoms. The van der Waals surface area contributed by atoms with Crippen LogP contribution in [0.25, 0.3) is 5.69 Å². The van der Waals surface area contributed by atoms with Crippen LogP contribution in [0.1, 0.15) is 73.8 Å². The van der Waals surface area contributed by atoms with Gasteiger partial charge in [-0.3, -0.25) is 14.5 Å². The number of nitrogens with zero attached hydrogens (tertiary/aromatic N) is 4. The van der Waals surface area contributed by atoms with Gasteiger partial charge in [-0.2, -0.15) is 0 Å². The Morgan fingerprint density at radius 1 is 1.14 bits per heavy atom. The van der Waals surface area contributed by atoms with Gasteiger partial charge in [0.25, 0.3) is 0 Å². The molecule has 0 spiro atoms. The Balaban J connectivity index is 1.78. The summed E-state index contributed by atoms with van der Waals surface area (Å²) in [6.45, 7) is 2.20. The minimum absolute atomic E-state index is 0.0157. The van der Waals surface area contributed by atoms with Gasteiger partial charge in [0.1, 0.15) is 11.9 Å². The molecule has 1 aromatic carbocycles. The van der Waals surface area contributed by atoms with Crippen molar-refractivity contribution in [2.75, 3.05) is 0 Å². The summed E-state index contributed by atoms with van der Waals surface area (Å²) in [7, 11) is 0. The molecule has 2 aromatic heterocycles. The van der Waals surface area contributed by atoms with Crippen molar-refractivity contribution in [3.63, 3.8) is 0 Å². The molecule has 0 unspecified atom stereocenters.